The Bertz CT molecular complexity index is 220. The van der Waals surface area contributed by atoms with Gasteiger partial charge in [-0.2, -0.15) is 0 Å². The Hall–Kier alpha value is 0.671. The molecule has 0 amide bonds. The van der Waals surface area contributed by atoms with Gasteiger partial charge in [-0.15, -0.1) is 0 Å². The Labute approximate surface area is 116 Å². The van der Waals surface area contributed by atoms with Crippen molar-refractivity contribution in [2.24, 2.45) is 0 Å². The fourth-order valence-corrected chi connectivity index (χ4v) is 1.11. The second-order valence-electron chi connectivity index (χ2n) is 2.37. The fraction of sp³-hybridized carbons (Fsp3) is 0.250. The number of rotatable bonds is 3. The van der Waals surface area contributed by atoms with Gasteiger partial charge in [0.15, 0.2) is 0 Å². The average Bonchev–Trinajstić information content (AvgIpc) is 2.15. The van der Waals surface area contributed by atoms with E-state index >= 15 is 0 Å². The van der Waals surface area contributed by atoms with Gasteiger partial charge in [0, 0.05) is 0 Å². The van der Waals surface area contributed by atoms with Crippen LogP contribution in [-0.4, -0.2) is 57.2 Å². The zero-order chi connectivity index (χ0) is 10.8. The van der Waals surface area contributed by atoms with Crippen LogP contribution in [0, 0.1) is 0 Å². The molecule has 0 bridgehead atoms. The molecule has 0 radical (unpaired) electrons. The van der Waals surface area contributed by atoms with E-state index in [1.165, 1.54) is 5.56 Å². The van der Waals surface area contributed by atoms with Gasteiger partial charge in [0.1, 0.15) is 0 Å². The summed E-state index contributed by atoms with van der Waals surface area (Å²) in [5.41, 5.74) is 1.27. The van der Waals surface area contributed by atoms with Crippen LogP contribution in [0.5, 0.6) is 0 Å². The molecule has 0 aliphatic rings. The van der Waals surface area contributed by atoms with Gasteiger partial charge in [0.2, 0.25) is 0 Å². The molecule has 0 atom stereocenters. The Morgan fingerprint density at radius 3 is 2.07 bits per heavy atom. The van der Waals surface area contributed by atoms with Crippen LogP contribution in [-0.2, 0) is 11.3 Å². The molecule has 1 rings (SSSR count). The second-order valence-corrected chi connectivity index (χ2v) is 3.27. The summed E-state index contributed by atoms with van der Waals surface area (Å²) in [4.78, 5) is 0. The molecular formula is C8H9BF3KO. The van der Waals surface area contributed by atoms with Crippen molar-refractivity contribution in [2.45, 2.75) is 6.61 Å². The van der Waals surface area contributed by atoms with Gasteiger partial charge in [-0.1, -0.05) is 0 Å². The first-order valence-corrected chi connectivity index (χ1v) is 6.41. The topological polar surface area (TPSA) is 9.23 Å². The van der Waals surface area contributed by atoms with E-state index in [0.29, 0.717) is 0 Å². The first-order chi connectivity index (χ1) is 6.66. The molecule has 0 aliphatic carbocycles. The van der Waals surface area contributed by atoms with Crippen LogP contribution in [0.4, 0.5) is 12.9 Å². The van der Waals surface area contributed by atoms with Crippen molar-refractivity contribution in [2.75, 3.05) is 0.701 Å². The van der Waals surface area contributed by atoms with Crippen LogP contribution >= 0.6 is 0 Å². The number of hydrogen-bond donors (Lipinski definition) is 0. The van der Waals surface area contributed by atoms with Crippen LogP contribution in [0.3, 0.4) is 0 Å². The minimum atomic E-state index is -3.67. The fourth-order valence-electron chi connectivity index (χ4n) is 0.794. The first-order valence-electron chi connectivity index (χ1n) is 4.20. The molecule has 0 fully saturated rings. The van der Waals surface area contributed by atoms with Crippen molar-refractivity contribution in [3.8, 4) is 0 Å². The molecule has 1 nitrogen and oxygen atoms in total. The van der Waals surface area contributed by atoms with Gasteiger partial charge in [-0.05, 0) is 0 Å². The van der Waals surface area contributed by atoms with E-state index < -0.39 is 7.54 Å². The summed E-state index contributed by atoms with van der Waals surface area (Å²) in [6.45, 7) is 0.780. The van der Waals surface area contributed by atoms with Crippen LogP contribution in [0.1, 0.15) is 5.56 Å². The molecule has 6 heteroatoms. The van der Waals surface area contributed by atoms with E-state index in [2.05, 4.69) is 12.1 Å². The number of benzene rings is 1. The molecule has 1 aromatic rings. The second kappa shape index (κ2) is 10.2. The predicted molar refractivity (Wildman–Crippen MR) is 50.9 cm³/mol. The molecule has 1 aromatic carbocycles. The van der Waals surface area contributed by atoms with Crippen LogP contribution in [0.15, 0.2) is 30.3 Å². The Morgan fingerprint density at radius 1 is 1.14 bits per heavy atom. The van der Waals surface area contributed by atoms with Crippen molar-refractivity contribution in [3.63, 3.8) is 0 Å². The Morgan fingerprint density at radius 2 is 1.64 bits per heavy atom. The molecular weight excluding hydrogens is 219 g/mol. The van der Waals surface area contributed by atoms with Crippen LogP contribution in [0.2, 0.25) is 0 Å². The van der Waals surface area contributed by atoms with Crippen molar-refractivity contribution in [1.29, 1.82) is 0 Å². The Kier molecular flexibility index (Phi) is 10.7. The predicted octanol–water partition coefficient (Wildman–Crippen LogP) is 2.21. The molecule has 0 saturated carbocycles. The molecule has 0 N–H and O–H groups in total. The summed E-state index contributed by atoms with van der Waals surface area (Å²) >= 11 is 0.821. The van der Waals surface area contributed by atoms with Gasteiger partial charge in [0.05, 0.1) is 0 Å². The van der Waals surface area contributed by atoms with Gasteiger partial charge in [-0.3, -0.25) is 12.9 Å². The van der Waals surface area contributed by atoms with E-state index in [4.69, 9.17) is 4.74 Å². The molecule has 0 aliphatic heterocycles. The van der Waals surface area contributed by atoms with Gasteiger partial charge in [-0.25, -0.2) is 0 Å². The first kappa shape index (κ1) is 14.7. The summed E-state index contributed by atoms with van der Waals surface area (Å²) < 4.78 is 35.3. The van der Waals surface area contributed by atoms with Gasteiger partial charge >= 0.3 is 104 Å². The standard InChI is InChI=1S/C8H9O.BF3.K/c1-9-7-8-5-3-2-4-6-8;2-1(3)4;/h2-6H,1,7H2;;. The third-order valence-electron chi connectivity index (χ3n) is 1.32. The van der Waals surface area contributed by atoms with Crippen molar-refractivity contribution in [1.82, 2.24) is 0 Å². The van der Waals surface area contributed by atoms with Crippen molar-refractivity contribution < 1.29 is 17.7 Å². The van der Waals surface area contributed by atoms with Crippen molar-refractivity contribution >= 4 is 56.5 Å². The van der Waals surface area contributed by atoms with Crippen molar-refractivity contribution in [3.05, 3.63) is 35.9 Å². The van der Waals surface area contributed by atoms with E-state index in [9.17, 15) is 12.9 Å². The van der Waals surface area contributed by atoms with E-state index in [1.807, 2.05) is 18.2 Å². The number of hydrogen-bond acceptors (Lipinski definition) is 1. The summed E-state index contributed by atoms with van der Waals surface area (Å²) in [5.74, 6) is 0. The molecule has 0 unspecified atom stereocenters. The van der Waals surface area contributed by atoms with E-state index in [-0.39, 0.29) is 0 Å². The maximum absolute atomic E-state index is 9.67. The number of halogens is 3. The monoisotopic (exact) mass is 228 g/mol. The molecule has 14 heavy (non-hydrogen) atoms. The third kappa shape index (κ3) is 10.8. The molecule has 0 saturated heterocycles. The van der Waals surface area contributed by atoms with Gasteiger partial charge in [0.25, 0.3) is 0 Å². The zero-order valence-electron chi connectivity index (χ0n) is 7.92. The summed E-state index contributed by atoms with van der Waals surface area (Å²) in [6.07, 6.45) is 0. The summed E-state index contributed by atoms with van der Waals surface area (Å²) in [6, 6.07) is 10.3. The molecule has 72 valence electrons. The SMILES string of the molecule is FB(F)F.[K][CH2]OCc1ccccc1. The van der Waals surface area contributed by atoms with E-state index in [1.54, 1.807) is 0 Å². The molecule has 0 heterocycles. The maximum atomic E-state index is 9.67. The molecule has 0 aromatic heterocycles. The Balaban J connectivity index is 0.000000364. The quantitative estimate of drug-likeness (QED) is 0.720. The third-order valence-corrected chi connectivity index (χ3v) is 1.95. The minimum absolute atomic E-state index is 0.780. The van der Waals surface area contributed by atoms with Gasteiger partial charge < -0.3 is 0 Å². The van der Waals surface area contributed by atoms with Crippen LogP contribution < -0.4 is 0 Å². The average molecular weight is 228 g/mol. The van der Waals surface area contributed by atoms with Crippen LogP contribution in [0.25, 0.3) is 0 Å². The zero-order valence-corrected chi connectivity index (χ0v) is 11.0. The van der Waals surface area contributed by atoms with E-state index in [0.717, 1.165) is 56.3 Å². The summed E-state index contributed by atoms with van der Waals surface area (Å²) in [5, 5.41) is 0. The normalized spacial score (nSPS) is 8.93. The number of ether oxygens (including phenoxy) is 1. The molecule has 0 spiro atoms. The summed E-state index contributed by atoms with van der Waals surface area (Å²) in [7, 11) is -3.67.